The second-order valence-corrected chi connectivity index (χ2v) is 6.44. The number of nitrogens with two attached hydrogens (primary N) is 1. The van der Waals surface area contributed by atoms with E-state index in [9.17, 15) is 10.5 Å². The lowest BCUT2D eigenvalue weighted by molar-refractivity contribution is 0.146. The molecule has 0 amide bonds. The first kappa shape index (κ1) is 20.5. The largest absolute Gasteiger partial charge is 0.491 e. The van der Waals surface area contributed by atoms with E-state index < -0.39 is 0 Å². The number of anilines is 1. The summed E-state index contributed by atoms with van der Waals surface area (Å²) in [7, 11) is 3.21. The lowest BCUT2D eigenvalue weighted by Crippen LogP contribution is -2.05. The third-order valence-electron chi connectivity index (χ3n) is 3.64. The number of rotatable bonds is 9. The minimum absolute atomic E-state index is 0.104. The van der Waals surface area contributed by atoms with E-state index in [4.69, 9.17) is 19.9 Å². The number of benzene rings is 1. The average Bonchev–Trinajstić information content (AvgIpc) is 2.68. The van der Waals surface area contributed by atoms with Crippen molar-refractivity contribution in [2.24, 2.45) is 0 Å². The number of nitriles is 2. The van der Waals surface area contributed by atoms with Crippen LogP contribution in [0.5, 0.6) is 5.75 Å². The maximum absolute atomic E-state index is 9.70. The molecule has 0 bridgehead atoms. The molecule has 0 saturated carbocycles. The maximum Gasteiger partial charge on any atom is 0.143 e. The maximum atomic E-state index is 9.70. The Morgan fingerprint density at radius 3 is 2.26 bits per heavy atom. The van der Waals surface area contributed by atoms with Crippen molar-refractivity contribution in [3.05, 3.63) is 35.4 Å². The monoisotopic (exact) mass is 384 g/mol. The molecule has 7 nitrogen and oxygen atoms in total. The summed E-state index contributed by atoms with van der Waals surface area (Å²) in [5.41, 5.74) is 7.68. The Morgan fingerprint density at radius 2 is 1.67 bits per heavy atom. The van der Waals surface area contributed by atoms with Gasteiger partial charge in [0, 0.05) is 25.5 Å². The smallest absolute Gasteiger partial charge is 0.143 e. The standard InChI is InChI=1S/C19H20N4O3S/c1-24-7-8-26-14-5-3-13(4-6-14)17-15(11-20)18(22)23-19(16(17)12-21)27-10-9-25-2/h3-6H,7-10H2,1-2H3,(H2,22,23). The van der Waals surface area contributed by atoms with Crippen molar-refractivity contribution in [2.75, 3.05) is 45.5 Å². The summed E-state index contributed by atoms with van der Waals surface area (Å²) in [5, 5.41) is 19.7. The topological polar surface area (TPSA) is 114 Å². The zero-order valence-corrected chi connectivity index (χ0v) is 16.0. The number of methoxy groups -OCH3 is 2. The van der Waals surface area contributed by atoms with Crippen LogP contribution in [0.1, 0.15) is 11.1 Å². The van der Waals surface area contributed by atoms with Crippen molar-refractivity contribution >= 4 is 17.6 Å². The summed E-state index contributed by atoms with van der Waals surface area (Å²) in [5.74, 6) is 1.39. The van der Waals surface area contributed by atoms with E-state index in [0.29, 0.717) is 53.0 Å². The zero-order chi connectivity index (χ0) is 19.6. The molecule has 1 aromatic carbocycles. The van der Waals surface area contributed by atoms with Gasteiger partial charge in [-0.05, 0) is 17.7 Å². The second kappa shape index (κ2) is 10.4. The van der Waals surface area contributed by atoms with E-state index in [1.807, 2.05) is 0 Å². The number of hydrogen-bond donors (Lipinski definition) is 1. The van der Waals surface area contributed by atoms with Crippen molar-refractivity contribution in [3.63, 3.8) is 0 Å². The van der Waals surface area contributed by atoms with Crippen LogP contribution in [0.15, 0.2) is 29.3 Å². The van der Waals surface area contributed by atoms with Gasteiger partial charge in [-0.15, -0.1) is 11.8 Å². The predicted molar refractivity (Wildman–Crippen MR) is 103 cm³/mol. The van der Waals surface area contributed by atoms with E-state index in [0.717, 1.165) is 0 Å². The first-order valence-electron chi connectivity index (χ1n) is 8.13. The van der Waals surface area contributed by atoms with Crippen molar-refractivity contribution in [1.82, 2.24) is 4.98 Å². The fraction of sp³-hybridized carbons (Fsp3) is 0.316. The molecule has 0 saturated heterocycles. The molecule has 0 atom stereocenters. The molecular formula is C19H20N4O3S. The van der Waals surface area contributed by atoms with Gasteiger partial charge in [0.2, 0.25) is 0 Å². The third kappa shape index (κ3) is 5.11. The minimum Gasteiger partial charge on any atom is -0.491 e. The highest BCUT2D eigenvalue weighted by Gasteiger charge is 2.20. The van der Waals surface area contributed by atoms with Gasteiger partial charge in [-0.3, -0.25) is 0 Å². The molecule has 1 heterocycles. The summed E-state index contributed by atoms with van der Waals surface area (Å²) in [6.45, 7) is 1.44. The van der Waals surface area contributed by atoms with Crippen molar-refractivity contribution < 1.29 is 14.2 Å². The lowest BCUT2D eigenvalue weighted by Gasteiger charge is -2.13. The predicted octanol–water partition coefficient (Wildman–Crippen LogP) is 2.84. The molecule has 0 fully saturated rings. The number of hydrogen-bond acceptors (Lipinski definition) is 8. The number of nitrogens with zero attached hydrogens (tertiary/aromatic N) is 3. The zero-order valence-electron chi connectivity index (χ0n) is 15.2. The summed E-state index contributed by atoms with van der Waals surface area (Å²) in [6.07, 6.45) is 0. The lowest BCUT2D eigenvalue weighted by atomic mass is 9.97. The van der Waals surface area contributed by atoms with Crippen LogP contribution in [0.3, 0.4) is 0 Å². The molecule has 2 N–H and O–H groups in total. The number of ether oxygens (including phenoxy) is 3. The second-order valence-electron chi connectivity index (χ2n) is 5.36. The Labute approximate surface area is 162 Å². The SMILES string of the molecule is COCCOc1ccc(-c2c(C#N)c(N)nc(SCCOC)c2C#N)cc1. The van der Waals surface area contributed by atoms with Gasteiger partial charge in [0.25, 0.3) is 0 Å². The minimum atomic E-state index is 0.104. The van der Waals surface area contributed by atoms with E-state index in [1.54, 1.807) is 38.5 Å². The van der Waals surface area contributed by atoms with Gasteiger partial charge in [-0.25, -0.2) is 4.98 Å². The molecule has 140 valence electrons. The van der Waals surface area contributed by atoms with Gasteiger partial charge in [-0.1, -0.05) is 12.1 Å². The van der Waals surface area contributed by atoms with Gasteiger partial charge in [0.05, 0.1) is 18.8 Å². The van der Waals surface area contributed by atoms with Gasteiger partial charge in [-0.2, -0.15) is 10.5 Å². The van der Waals surface area contributed by atoms with Crippen LogP contribution in [-0.2, 0) is 9.47 Å². The summed E-state index contributed by atoms with van der Waals surface area (Å²) >= 11 is 1.37. The fourth-order valence-corrected chi connectivity index (χ4v) is 3.27. The number of thioether (sulfide) groups is 1. The molecule has 0 aliphatic carbocycles. The third-order valence-corrected chi connectivity index (χ3v) is 4.58. The van der Waals surface area contributed by atoms with Gasteiger partial charge in [0.15, 0.2) is 0 Å². The highest BCUT2D eigenvalue weighted by Crippen LogP contribution is 2.36. The van der Waals surface area contributed by atoms with Gasteiger partial charge < -0.3 is 19.9 Å². The van der Waals surface area contributed by atoms with E-state index >= 15 is 0 Å². The molecule has 0 aliphatic rings. The number of pyridine rings is 1. The molecule has 27 heavy (non-hydrogen) atoms. The summed E-state index contributed by atoms with van der Waals surface area (Å²) in [4.78, 5) is 4.24. The van der Waals surface area contributed by atoms with Gasteiger partial charge in [0.1, 0.15) is 40.9 Å². The molecular weight excluding hydrogens is 364 g/mol. The Balaban J connectivity index is 2.44. The molecule has 0 aliphatic heterocycles. The van der Waals surface area contributed by atoms with Crippen LogP contribution in [0, 0.1) is 22.7 Å². The normalized spacial score (nSPS) is 10.2. The highest BCUT2D eigenvalue weighted by molar-refractivity contribution is 7.99. The van der Waals surface area contributed by atoms with Gasteiger partial charge >= 0.3 is 0 Å². The Bertz CT molecular complexity index is 857. The quantitative estimate of drug-likeness (QED) is 0.518. The molecule has 2 rings (SSSR count). The van der Waals surface area contributed by atoms with Crippen LogP contribution in [-0.4, -0.2) is 44.8 Å². The molecule has 1 aromatic heterocycles. The Hall–Kier alpha value is -2.78. The molecule has 8 heteroatoms. The van der Waals surface area contributed by atoms with E-state index in [2.05, 4.69) is 17.1 Å². The molecule has 0 radical (unpaired) electrons. The van der Waals surface area contributed by atoms with Crippen LogP contribution >= 0.6 is 11.8 Å². The highest BCUT2D eigenvalue weighted by atomic mass is 32.2. The van der Waals surface area contributed by atoms with Crippen LogP contribution in [0.25, 0.3) is 11.1 Å². The fourth-order valence-electron chi connectivity index (χ4n) is 2.37. The number of nitrogen functional groups attached to an aromatic ring is 1. The van der Waals surface area contributed by atoms with Crippen LogP contribution in [0.2, 0.25) is 0 Å². The summed E-state index contributed by atoms with van der Waals surface area (Å²) < 4.78 is 15.6. The van der Waals surface area contributed by atoms with Crippen LogP contribution in [0.4, 0.5) is 5.82 Å². The molecule has 0 unspecified atom stereocenters. The van der Waals surface area contributed by atoms with E-state index in [-0.39, 0.29) is 11.4 Å². The Morgan fingerprint density at radius 1 is 1.00 bits per heavy atom. The van der Waals surface area contributed by atoms with Crippen molar-refractivity contribution in [2.45, 2.75) is 5.03 Å². The molecule has 2 aromatic rings. The average molecular weight is 384 g/mol. The first-order chi connectivity index (χ1) is 13.2. The Kier molecular flexibility index (Phi) is 7.90. The summed E-state index contributed by atoms with van der Waals surface area (Å²) in [6, 6.07) is 11.4. The van der Waals surface area contributed by atoms with Crippen LogP contribution < -0.4 is 10.5 Å². The molecule has 0 spiro atoms. The first-order valence-corrected chi connectivity index (χ1v) is 9.12. The van der Waals surface area contributed by atoms with Crippen molar-refractivity contribution in [1.29, 1.82) is 10.5 Å². The van der Waals surface area contributed by atoms with Crippen molar-refractivity contribution in [3.8, 4) is 29.0 Å². The number of aromatic nitrogens is 1. The van der Waals surface area contributed by atoms with E-state index in [1.165, 1.54) is 11.8 Å².